The predicted octanol–water partition coefficient (Wildman–Crippen LogP) is 7.00. The van der Waals surface area contributed by atoms with Gasteiger partial charge in [-0.1, -0.05) is 84.9 Å². The van der Waals surface area contributed by atoms with Crippen LogP contribution in [0.3, 0.4) is 0 Å². The van der Waals surface area contributed by atoms with E-state index in [9.17, 15) is 4.79 Å². The zero-order valence-electron chi connectivity index (χ0n) is 16.1. The first-order valence-electron chi connectivity index (χ1n) is 9.74. The van der Waals surface area contributed by atoms with E-state index in [2.05, 4.69) is 0 Å². The van der Waals surface area contributed by atoms with E-state index in [1.165, 1.54) is 0 Å². The Morgan fingerprint density at radius 2 is 1.00 bits per heavy atom. The Kier molecular flexibility index (Phi) is 4.62. The molecule has 3 nitrogen and oxygen atoms in total. The number of carbonyl (C=O) groups excluding carboxylic acids is 1. The highest BCUT2D eigenvalue weighted by Crippen LogP contribution is 2.33. The van der Waals surface area contributed by atoms with Gasteiger partial charge < -0.3 is 9.47 Å². The smallest absolute Gasteiger partial charge is 0.347 e. The van der Waals surface area contributed by atoms with Gasteiger partial charge in [-0.05, 0) is 35.0 Å². The van der Waals surface area contributed by atoms with Crippen LogP contribution in [-0.2, 0) is 0 Å². The van der Waals surface area contributed by atoms with Crippen LogP contribution in [0.1, 0.15) is 10.4 Å². The Hall–Kier alpha value is -4.11. The highest BCUT2D eigenvalue weighted by Gasteiger charge is 2.17. The molecule has 0 fully saturated rings. The Bertz CT molecular complexity index is 1360. The molecular formula is C27H18O3. The van der Waals surface area contributed by atoms with Crippen LogP contribution in [0.25, 0.3) is 21.5 Å². The molecule has 5 rings (SSSR count). The number of hydrogen-bond donors (Lipinski definition) is 0. The molecule has 0 aliphatic carbocycles. The van der Waals surface area contributed by atoms with Crippen LogP contribution < -0.4 is 9.47 Å². The highest BCUT2D eigenvalue weighted by atomic mass is 16.5. The van der Waals surface area contributed by atoms with E-state index >= 15 is 0 Å². The zero-order chi connectivity index (χ0) is 20.3. The van der Waals surface area contributed by atoms with Crippen LogP contribution in [0, 0.1) is 0 Å². The van der Waals surface area contributed by atoms with Crippen LogP contribution in [-0.4, -0.2) is 5.97 Å². The van der Waals surface area contributed by atoms with Crippen LogP contribution in [0.4, 0.5) is 0 Å². The van der Waals surface area contributed by atoms with Gasteiger partial charge in [-0.25, -0.2) is 4.79 Å². The third-order valence-corrected chi connectivity index (χ3v) is 5.03. The van der Waals surface area contributed by atoms with Crippen LogP contribution >= 0.6 is 0 Å². The second kappa shape index (κ2) is 7.72. The molecule has 0 spiro atoms. The molecule has 144 valence electrons. The number of fused-ring (bicyclic) bond motifs is 2. The maximum atomic E-state index is 13.0. The van der Waals surface area contributed by atoms with Gasteiger partial charge in [-0.2, -0.15) is 0 Å². The summed E-state index contributed by atoms with van der Waals surface area (Å²) in [5, 5.41) is 3.96. The number of ether oxygens (including phenoxy) is 2. The molecule has 0 unspecified atom stereocenters. The molecule has 0 aliphatic rings. The van der Waals surface area contributed by atoms with Gasteiger partial charge in [0.15, 0.2) is 0 Å². The lowest BCUT2D eigenvalue weighted by atomic mass is 10.1. The second-order valence-electron chi connectivity index (χ2n) is 6.94. The first-order chi connectivity index (χ1) is 14.8. The normalized spacial score (nSPS) is 10.8. The monoisotopic (exact) mass is 390 g/mol. The van der Waals surface area contributed by atoms with Gasteiger partial charge >= 0.3 is 5.97 Å². The maximum Gasteiger partial charge on any atom is 0.347 e. The standard InChI is InChI=1S/C27H18O3/c28-27(30-25-18-8-12-20-10-2-4-14-22(20)25)23-15-5-6-16-26(23)29-24-17-7-11-19-9-1-3-13-21(19)24/h1-18H. The summed E-state index contributed by atoms with van der Waals surface area (Å²) >= 11 is 0. The van der Waals surface area contributed by atoms with E-state index in [4.69, 9.17) is 9.47 Å². The average molecular weight is 390 g/mol. The quantitative estimate of drug-likeness (QED) is 0.245. The summed E-state index contributed by atoms with van der Waals surface area (Å²) in [6, 6.07) is 34.5. The van der Waals surface area contributed by atoms with E-state index in [1.807, 2.05) is 84.9 Å². The topological polar surface area (TPSA) is 35.5 Å². The van der Waals surface area contributed by atoms with Crippen molar-refractivity contribution in [2.24, 2.45) is 0 Å². The van der Waals surface area contributed by atoms with Crippen molar-refractivity contribution in [2.75, 3.05) is 0 Å². The maximum absolute atomic E-state index is 13.0. The first-order valence-corrected chi connectivity index (χ1v) is 9.74. The van der Waals surface area contributed by atoms with Crippen molar-refractivity contribution in [3.05, 3.63) is 115 Å². The second-order valence-corrected chi connectivity index (χ2v) is 6.94. The lowest BCUT2D eigenvalue weighted by Gasteiger charge is -2.13. The van der Waals surface area contributed by atoms with Gasteiger partial charge in [0.1, 0.15) is 22.8 Å². The highest BCUT2D eigenvalue weighted by molar-refractivity contribution is 5.97. The summed E-state index contributed by atoms with van der Waals surface area (Å²) in [7, 11) is 0. The molecule has 0 amide bonds. The van der Waals surface area contributed by atoms with E-state index < -0.39 is 5.97 Å². The molecule has 0 heterocycles. The Morgan fingerprint density at radius 3 is 1.73 bits per heavy atom. The van der Waals surface area contributed by atoms with Crippen molar-refractivity contribution in [1.82, 2.24) is 0 Å². The first kappa shape index (κ1) is 18.0. The largest absolute Gasteiger partial charge is 0.456 e. The fourth-order valence-corrected chi connectivity index (χ4v) is 3.57. The summed E-state index contributed by atoms with van der Waals surface area (Å²) in [5.74, 6) is 1.22. The van der Waals surface area contributed by atoms with Crippen molar-refractivity contribution in [2.45, 2.75) is 0 Å². The predicted molar refractivity (Wildman–Crippen MR) is 119 cm³/mol. The van der Waals surface area contributed by atoms with Crippen LogP contribution in [0.5, 0.6) is 17.2 Å². The Balaban J connectivity index is 1.49. The van der Waals surface area contributed by atoms with E-state index in [-0.39, 0.29) is 0 Å². The van der Waals surface area contributed by atoms with Gasteiger partial charge in [0, 0.05) is 10.8 Å². The Labute approximate surface area is 174 Å². The molecule has 0 aliphatic heterocycles. The fraction of sp³-hybridized carbons (Fsp3) is 0. The van der Waals surface area contributed by atoms with Gasteiger partial charge in [-0.3, -0.25) is 0 Å². The fourth-order valence-electron chi connectivity index (χ4n) is 3.57. The summed E-state index contributed by atoms with van der Waals surface area (Å²) in [4.78, 5) is 13.0. The molecule has 0 aromatic heterocycles. The van der Waals surface area contributed by atoms with Crippen molar-refractivity contribution < 1.29 is 14.3 Å². The molecule has 3 heteroatoms. The molecule has 0 saturated heterocycles. The van der Waals surface area contributed by atoms with Crippen LogP contribution in [0.15, 0.2) is 109 Å². The summed E-state index contributed by atoms with van der Waals surface area (Å²) in [6.45, 7) is 0. The van der Waals surface area contributed by atoms with E-state index in [1.54, 1.807) is 24.3 Å². The van der Waals surface area contributed by atoms with Crippen LogP contribution in [0.2, 0.25) is 0 Å². The minimum Gasteiger partial charge on any atom is -0.456 e. The van der Waals surface area contributed by atoms with Gasteiger partial charge in [0.25, 0.3) is 0 Å². The molecule has 5 aromatic carbocycles. The van der Waals surface area contributed by atoms with Gasteiger partial charge in [-0.15, -0.1) is 0 Å². The number of esters is 1. The van der Waals surface area contributed by atoms with E-state index in [0.717, 1.165) is 21.5 Å². The van der Waals surface area contributed by atoms with Crippen molar-refractivity contribution >= 4 is 27.5 Å². The third kappa shape index (κ3) is 3.38. The van der Waals surface area contributed by atoms with Gasteiger partial charge in [0.05, 0.1) is 0 Å². The average Bonchev–Trinajstić information content (AvgIpc) is 2.80. The van der Waals surface area contributed by atoms with Gasteiger partial charge in [0.2, 0.25) is 0 Å². The van der Waals surface area contributed by atoms with Crippen molar-refractivity contribution in [3.8, 4) is 17.2 Å². The molecule has 0 radical (unpaired) electrons. The minimum absolute atomic E-state index is 0.373. The molecular weight excluding hydrogens is 372 g/mol. The number of carbonyl (C=O) groups is 1. The number of hydrogen-bond acceptors (Lipinski definition) is 3. The Morgan fingerprint density at radius 1 is 0.500 bits per heavy atom. The van der Waals surface area contributed by atoms with Crippen molar-refractivity contribution in [3.63, 3.8) is 0 Å². The number of para-hydroxylation sites is 1. The zero-order valence-corrected chi connectivity index (χ0v) is 16.1. The molecule has 0 N–H and O–H groups in total. The number of rotatable bonds is 4. The van der Waals surface area contributed by atoms with Crippen molar-refractivity contribution in [1.29, 1.82) is 0 Å². The van der Waals surface area contributed by atoms with E-state index in [0.29, 0.717) is 22.8 Å². The summed E-state index contributed by atoms with van der Waals surface area (Å²) < 4.78 is 11.9. The molecule has 0 saturated carbocycles. The molecule has 0 bridgehead atoms. The number of benzene rings is 5. The molecule has 30 heavy (non-hydrogen) atoms. The SMILES string of the molecule is O=C(Oc1cccc2ccccc12)c1ccccc1Oc1cccc2ccccc12. The molecule has 5 aromatic rings. The lowest BCUT2D eigenvalue weighted by Crippen LogP contribution is -2.10. The lowest BCUT2D eigenvalue weighted by molar-refractivity contribution is 0.0734. The third-order valence-electron chi connectivity index (χ3n) is 5.03. The summed E-state index contributed by atoms with van der Waals surface area (Å²) in [6.07, 6.45) is 0. The minimum atomic E-state index is -0.456. The molecule has 0 atom stereocenters. The summed E-state index contributed by atoms with van der Waals surface area (Å²) in [5.41, 5.74) is 0.373.